The molecule has 25 heavy (non-hydrogen) atoms. The molecule has 2 aromatic rings. The minimum absolute atomic E-state index is 0.0726. The molecule has 0 saturated carbocycles. The summed E-state index contributed by atoms with van der Waals surface area (Å²) in [6.07, 6.45) is -3.28. The van der Waals surface area contributed by atoms with Crippen LogP contribution >= 0.6 is 0 Å². The van der Waals surface area contributed by atoms with Gasteiger partial charge in [-0.3, -0.25) is 4.79 Å². The maximum absolute atomic E-state index is 12.5. The molecule has 1 amide bonds. The summed E-state index contributed by atoms with van der Waals surface area (Å²) in [6.45, 7) is 3.84. The Morgan fingerprint density at radius 3 is 2.56 bits per heavy atom. The maximum Gasteiger partial charge on any atom is 0.406 e. The molecule has 0 unspecified atom stereocenters. The third-order valence-corrected chi connectivity index (χ3v) is 3.39. The molecule has 0 aliphatic rings. The van der Waals surface area contributed by atoms with Crippen molar-refractivity contribution in [3.05, 3.63) is 48.4 Å². The zero-order valence-corrected chi connectivity index (χ0v) is 13.7. The number of benzene rings is 1. The van der Waals surface area contributed by atoms with Crippen molar-refractivity contribution in [2.75, 3.05) is 13.1 Å². The highest BCUT2D eigenvalue weighted by molar-refractivity contribution is 5.76. The van der Waals surface area contributed by atoms with Gasteiger partial charge in [0.25, 0.3) is 0 Å². The van der Waals surface area contributed by atoms with Crippen molar-refractivity contribution in [3.8, 4) is 11.5 Å². The van der Waals surface area contributed by atoms with Crippen LogP contribution in [0.4, 0.5) is 13.2 Å². The Hall–Kier alpha value is -2.64. The minimum atomic E-state index is -4.46. The third kappa shape index (κ3) is 5.74. The summed E-state index contributed by atoms with van der Waals surface area (Å²) in [5.74, 6) is -0.137. The first-order valence-corrected chi connectivity index (χ1v) is 7.63. The normalized spacial score (nSPS) is 11.4. The van der Waals surface area contributed by atoms with E-state index in [1.807, 2.05) is 31.2 Å². The fourth-order valence-corrected chi connectivity index (χ4v) is 2.17. The van der Waals surface area contributed by atoms with Crippen molar-refractivity contribution < 1.29 is 22.4 Å². The Bertz CT molecular complexity index is 723. The predicted octanol–water partition coefficient (Wildman–Crippen LogP) is 3.55. The van der Waals surface area contributed by atoms with Gasteiger partial charge in [-0.25, -0.2) is 0 Å². The fourth-order valence-electron chi connectivity index (χ4n) is 2.17. The summed E-state index contributed by atoms with van der Waals surface area (Å²) in [4.78, 5) is 12.7. The number of halogens is 3. The van der Waals surface area contributed by atoms with E-state index < -0.39 is 18.6 Å². The van der Waals surface area contributed by atoms with E-state index in [2.05, 4.69) is 16.8 Å². The molecule has 2 rings (SSSR count). The zero-order chi connectivity index (χ0) is 18.4. The van der Waals surface area contributed by atoms with Gasteiger partial charge in [0.05, 0.1) is 0 Å². The Morgan fingerprint density at radius 1 is 1.28 bits per heavy atom. The van der Waals surface area contributed by atoms with Crippen LogP contribution in [0.15, 0.2) is 41.3 Å². The van der Waals surface area contributed by atoms with Crippen LogP contribution in [-0.4, -0.2) is 40.3 Å². The van der Waals surface area contributed by atoms with Crippen LogP contribution in [0.5, 0.6) is 0 Å². The predicted molar refractivity (Wildman–Crippen MR) is 85.6 cm³/mol. The van der Waals surface area contributed by atoms with E-state index in [0.29, 0.717) is 10.8 Å². The number of alkyl halides is 3. The molecular formula is C17H18F3N3O2. The molecule has 0 atom stereocenters. The van der Waals surface area contributed by atoms with Gasteiger partial charge in [0, 0.05) is 24.9 Å². The highest BCUT2D eigenvalue weighted by Crippen LogP contribution is 2.20. The van der Waals surface area contributed by atoms with E-state index in [1.165, 1.54) is 6.08 Å². The smallest absolute Gasteiger partial charge is 0.406 e. The standard InChI is InChI=1S/C17H18F3N3O2/c1-3-10-23(11-17(18,19)20)15(24)9-8-14-21-22-16(25-14)13-6-4-12(2)5-7-13/h3-7H,1,8-11H2,2H3. The molecule has 0 radical (unpaired) electrons. The van der Waals surface area contributed by atoms with Crippen LogP contribution in [0.1, 0.15) is 17.9 Å². The van der Waals surface area contributed by atoms with Crippen molar-refractivity contribution in [3.63, 3.8) is 0 Å². The quantitative estimate of drug-likeness (QED) is 0.714. The van der Waals surface area contributed by atoms with Gasteiger partial charge in [-0.1, -0.05) is 23.8 Å². The molecule has 5 nitrogen and oxygen atoms in total. The summed E-state index contributed by atoms with van der Waals surface area (Å²) in [5.41, 5.74) is 1.82. The highest BCUT2D eigenvalue weighted by Gasteiger charge is 2.32. The van der Waals surface area contributed by atoms with Crippen LogP contribution in [0.2, 0.25) is 0 Å². The summed E-state index contributed by atoms with van der Waals surface area (Å²) in [6, 6.07) is 7.44. The largest absolute Gasteiger partial charge is 0.421 e. The topological polar surface area (TPSA) is 59.2 Å². The maximum atomic E-state index is 12.5. The summed E-state index contributed by atoms with van der Waals surface area (Å²) < 4.78 is 43.0. The molecule has 0 N–H and O–H groups in total. The van der Waals surface area contributed by atoms with E-state index >= 15 is 0 Å². The van der Waals surface area contributed by atoms with Crippen molar-refractivity contribution >= 4 is 5.91 Å². The van der Waals surface area contributed by atoms with E-state index in [1.54, 1.807) is 0 Å². The Balaban J connectivity index is 1.97. The molecule has 0 aliphatic heterocycles. The fraction of sp³-hybridized carbons (Fsp3) is 0.353. The van der Waals surface area contributed by atoms with Gasteiger partial charge in [-0.2, -0.15) is 13.2 Å². The number of hydrogen-bond acceptors (Lipinski definition) is 4. The van der Waals surface area contributed by atoms with Gasteiger partial charge >= 0.3 is 6.18 Å². The summed E-state index contributed by atoms with van der Waals surface area (Å²) in [5, 5.41) is 7.73. The number of carbonyl (C=O) groups is 1. The molecule has 0 fully saturated rings. The molecule has 8 heteroatoms. The van der Waals surface area contributed by atoms with E-state index in [9.17, 15) is 18.0 Å². The Morgan fingerprint density at radius 2 is 1.96 bits per heavy atom. The van der Waals surface area contributed by atoms with Crippen molar-refractivity contribution in [1.82, 2.24) is 15.1 Å². The lowest BCUT2D eigenvalue weighted by molar-refractivity contribution is -0.160. The van der Waals surface area contributed by atoms with E-state index in [-0.39, 0.29) is 25.3 Å². The average molecular weight is 353 g/mol. The first-order chi connectivity index (χ1) is 11.8. The molecule has 1 aromatic carbocycles. The second kappa shape index (κ2) is 7.96. The lowest BCUT2D eigenvalue weighted by Gasteiger charge is -2.22. The van der Waals surface area contributed by atoms with Gasteiger partial charge in [0.15, 0.2) is 0 Å². The SMILES string of the molecule is C=CCN(CC(F)(F)F)C(=O)CCc1nnc(-c2ccc(C)cc2)o1. The van der Waals surface area contributed by atoms with Gasteiger partial charge < -0.3 is 9.32 Å². The minimum Gasteiger partial charge on any atom is -0.421 e. The van der Waals surface area contributed by atoms with Crippen molar-refractivity contribution in [2.24, 2.45) is 0 Å². The lowest BCUT2D eigenvalue weighted by atomic mass is 10.1. The monoisotopic (exact) mass is 353 g/mol. The van der Waals surface area contributed by atoms with Crippen LogP contribution in [-0.2, 0) is 11.2 Å². The first-order valence-electron chi connectivity index (χ1n) is 7.63. The number of rotatable bonds is 7. The highest BCUT2D eigenvalue weighted by atomic mass is 19.4. The van der Waals surface area contributed by atoms with Crippen LogP contribution in [0.3, 0.4) is 0 Å². The third-order valence-electron chi connectivity index (χ3n) is 3.39. The van der Waals surface area contributed by atoms with Gasteiger partial charge in [0.1, 0.15) is 6.54 Å². The van der Waals surface area contributed by atoms with Crippen LogP contribution in [0, 0.1) is 6.92 Å². The molecule has 1 aromatic heterocycles. The Labute approximate surface area is 143 Å². The first kappa shape index (κ1) is 18.7. The molecule has 0 saturated heterocycles. The average Bonchev–Trinajstić information content (AvgIpc) is 3.00. The van der Waals surface area contributed by atoms with E-state index in [0.717, 1.165) is 11.1 Å². The van der Waals surface area contributed by atoms with E-state index in [4.69, 9.17) is 4.42 Å². The molecule has 1 heterocycles. The molecule has 0 aliphatic carbocycles. The number of carbonyl (C=O) groups excluding carboxylic acids is 1. The second-order valence-electron chi connectivity index (χ2n) is 5.55. The lowest BCUT2D eigenvalue weighted by Crippen LogP contribution is -2.39. The van der Waals surface area contributed by atoms with Gasteiger partial charge in [-0.05, 0) is 19.1 Å². The molecule has 0 spiro atoms. The molecular weight excluding hydrogens is 335 g/mol. The molecule has 134 valence electrons. The zero-order valence-electron chi connectivity index (χ0n) is 13.7. The number of aromatic nitrogens is 2. The Kier molecular flexibility index (Phi) is 5.95. The number of hydrogen-bond donors (Lipinski definition) is 0. The molecule has 0 bridgehead atoms. The van der Waals surface area contributed by atoms with Gasteiger partial charge in [0.2, 0.25) is 17.7 Å². The summed E-state index contributed by atoms with van der Waals surface area (Å²) in [7, 11) is 0. The number of aryl methyl sites for hydroxylation is 2. The number of amides is 1. The van der Waals surface area contributed by atoms with Crippen LogP contribution in [0.25, 0.3) is 11.5 Å². The van der Waals surface area contributed by atoms with Gasteiger partial charge in [-0.15, -0.1) is 16.8 Å². The number of nitrogens with zero attached hydrogens (tertiary/aromatic N) is 3. The van der Waals surface area contributed by atoms with Crippen LogP contribution < -0.4 is 0 Å². The van der Waals surface area contributed by atoms with Crippen molar-refractivity contribution in [2.45, 2.75) is 25.9 Å². The summed E-state index contributed by atoms with van der Waals surface area (Å²) >= 11 is 0. The second-order valence-corrected chi connectivity index (χ2v) is 5.55. The van der Waals surface area contributed by atoms with Crippen molar-refractivity contribution in [1.29, 1.82) is 0 Å².